The predicted molar refractivity (Wildman–Crippen MR) is 108 cm³/mol. The zero-order chi connectivity index (χ0) is 19.3. The van der Waals surface area contributed by atoms with Gasteiger partial charge in [-0.3, -0.25) is 19.0 Å². The van der Waals surface area contributed by atoms with Crippen LogP contribution in [0.5, 0.6) is 0 Å². The molecule has 0 unspecified atom stereocenters. The van der Waals surface area contributed by atoms with E-state index < -0.39 is 0 Å². The van der Waals surface area contributed by atoms with Crippen LogP contribution in [0.4, 0.5) is 0 Å². The molecule has 1 aliphatic heterocycles. The van der Waals surface area contributed by atoms with E-state index in [2.05, 4.69) is 26.0 Å². The lowest BCUT2D eigenvalue weighted by Crippen LogP contribution is -2.37. The largest absolute Gasteiger partial charge is 0.303 e. The lowest BCUT2D eigenvalue weighted by Gasteiger charge is -2.32. The van der Waals surface area contributed by atoms with E-state index in [0.29, 0.717) is 11.6 Å². The minimum absolute atomic E-state index is 0.00694. The maximum Gasteiger partial charge on any atom is 0.253 e. The topological polar surface area (TPSA) is 68.8 Å². The number of rotatable bonds is 6. The van der Waals surface area contributed by atoms with Crippen LogP contribution in [0.2, 0.25) is 0 Å². The predicted octanol–water partition coefficient (Wildman–Crippen LogP) is 1.99. The number of aryl methyl sites for hydroxylation is 1. The molecule has 0 saturated carbocycles. The summed E-state index contributed by atoms with van der Waals surface area (Å²) in [6.45, 7) is 3.97. The van der Waals surface area contributed by atoms with Crippen LogP contribution in [-0.2, 0) is 20.0 Å². The van der Waals surface area contributed by atoms with E-state index in [1.54, 1.807) is 29.4 Å². The lowest BCUT2D eigenvalue weighted by molar-refractivity contribution is 0.173. The van der Waals surface area contributed by atoms with Crippen molar-refractivity contribution in [2.45, 2.75) is 25.8 Å². The lowest BCUT2D eigenvalue weighted by atomic mass is 9.96. The summed E-state index contributed by atoms with van der Waals surface area (Å²) < 4.78 is 3.69. The molecule has 0 N–H and O–H groups in total. The number of pyridine rings is 1. The van der Waals surface area contributed by atoms with Crippen molar-refractivity contribution in [1.82, 2.24) is 29.2 Å². The van der Waals surface area contributed by atoms with E-state index >= 15 is 0 Å². The standard InChI is InChI=1S/C21H26N6O/c1-25-19(4-9-24-25)7-12-26-10-5-17(6-11-26)15-27-16-23-20(13-21(27)28)18-3-2-8-22-14-18/h2-4,8-9,13-14,16-17H,5-7,10-12,15H2,1H3. The summed E-state index contributed by atoms with van der Waals surface area (Å²) in [4.78, 5) is 23.6. The van der Waals surface area contributed by atoms with Gasteiger partial charge in [-0.15, -0.1) is 0 Å². The molecular weight excluding hydrogens is 352 g/mol. The van der Waals surface area contributed by atoms with Gasteiger partial charge in [-0.2, -0.15) is 5.10 Å². The number of aromatic nitrogens is 5. The molecule has 1 fully saturated rings. The first kappa shape index (κ1) is 18.6. The molecule has 0 amide bonds. The van der Waals surface area contributed by atoms with Crippen LogP contribution in [0.15, 0.2) is 54.0 Å². The van der Waals surface area contributed by atoms with Gasteiger partial charge in [0.15, 0.2) is 0 Å². The molecule has 146 valence electrons. The van der Waals surface area contributed by atoms with Crippen molar-refractivity contribution in [1.29, 1.82) is 0 Å². The van der Waals surface area contributed by atoms with Crippen molar-refractivity contribution in [2.24, 2.45) is 13.0 Å². The van der Waals surface area contributed by atoms with Gasteiger partial charge in [0.2, 0.25) is 0 Å². The first-order chi connectivity index (χ1) is 13.7. The number of likely N-dealkylation sites (tertiary alicyclic amines) is 1. The van der Waals surface area contributed by atoms with Crippen molar-refractivity contribution in [2.75, 3.05) is 19.6 Å². The van der Waals surface area contributed by atoms with Gasteiger partial charge in [0.25, 0.3) is 5.56 Å². The van der Waals surface area contributed by atoms with Crippen molar-refractivity contribution in [3.8, 4) is 11.3 Å². The molecule has 7 heteroatoms. The average molecular weight is 378 g/mol. The number of hydrogen-bond acceptors (Lipinski definition) is 5. The second-order valence-electron chi connectivity index (χ2n) is 7.49. The molecule has 0 aliphatic carbocycles. The minimum atomic E-state index is 0.00694. The Bertz CT molecular complexity index is 956. The Labute approximate surface area is 164 Å². The van der Waals surface area contributed by atoms with Crippen molar-refractivity contribution < 1.29 is 0 Å². The van der Waals surface area contributed by atoms with Crippen LogP contribution in [0.3, 0.4) is 0 Å². The average Bonchev–Trinajstić information content (AvgIpc) is 3.14. The van der Waals surface area contributed by atoms with Crippen molar-refractivity contribution >= 4 is 0 Å². The molecule has 0 atom stereocenters. The Hall–Kier alpha value is -2.80. The molecule has 0 spiro atoms. The van der Waals surface area contributed by atoms with Gasteiger partial charge in [0.1, 0.15) is 0 Å². The SMILES string of the molecule is Cn1nccc1CCN1CCC(Cn2cnc(-c3cccnc3)cc2=O)CC1. The molecule has 0 radical (unpaired) electrons. The van der Waals surface area contributed by atoms with Crippen LogP contribution in [0.25, 0.3) is 11.3 Å². The van der Waals surface area contributed by atoms with Crippen molar-refractivity contribution in [3.63, 3.8) is 0 Å². The molecule has 0 bridgehead atoms. The van der Waals surface area contributed by atoms with Gasteiger partial charge in [0, 0.05) is 62.5 Å². The summed E-state index contributed by atoms with van der Waals surface area (Å²) in [5.41, 5.74) is 2.83. The number of piperidine rings is 1. The summed E-state index contributed by atoms with van der Waals surface area (Å²) in [7, 11) is 1.99. The van der Waals surface area contributed by atoms with Crippen LogP contribution < -0.4 is 5.56 Å². The van der Waals surface area contributed by atoms with Crippen LogP contribution in [-0.4, -0.2) is 48.8 Å². The van der Waals surface area contributed by atoms with Crippen molar-refractivity contribution in [3.05, 3.63) is 65.2 Å². The molecule has 1 saturated heterocycles. The van der Waals surface area contributed by atoms with E-state index in [9.17, 15) is 4.79 Å². The molecule has 4 heterocycles. The first-order valence-electron chi connectivity index (χ1n) is 9.85. The van der Waals surface area contributed by atoms with Crippen LogP contribution in [0, 0.1) is 5.92 Å². The van der Waals surface area contributed by atoms with E-state index in [-0.39, 0.29) is 5.56 Å². The van der Waals surface area contributed by atoms with Crippen LogP contribution >= 0.6 is 0 Å². The second kappa shape index (κ2) is 8.48. The van der Waals surface area contributed by atoms with Gasteiger partial charge in [-0.25, -0.2) is 4.98 Å². The summed E-state index contributed by atoms with van der Waals surface area (Å²) >= 11 is 0. The fourth-order valence-electron chi connectivity index (χ4n) is 3.83. The Morgan fingerprint density at radius 3 is 2.71 bits per heavy atom. The van der Waals surface area contributed by atoms with Crippen LogP contribution in [0.1, 0.15) is 18.5 Å². The fraction of sp³-hybridized carbons (Fsp3) is 0.429. The van der Waals surface area contributed by atoms with Gasteiger partial charge >= 0.3 is 0 Å². The van der Waals surface area contributed by atoms with Gasteiger partial charge in [0.05, 0.1) is 12.0 Å². The number of nitrogens with zero attached hydrogens (tertiary/aromatic N) is 6. The Morgan fingerprint density at radius 2 is 2.04 bits per heavy atom. The zero-order valence-electron chi connectivity index (χ0n) is 16.2. The highest BCUT2D eigenvalue weighted by atomic mass is 16.1. The smallest absolute Gasteiger partial charge is 0.253 e. The zero-order valence-corrected chi connectivity index (χ0v) is 16.2. The van der Waals surface area contributed by atoms with Gasteiger partial charge in [-0.05, 0) is 50.0 Å². The Morgan fingerprint density at radius 1 is 1.18 bits per heavy atom. The Balaban J connectivity index is 1.30. The molecule has 1 aliphatic rings. The maximum absolute atomic E-state index is 12.5. The highest BCUT2D eigenvalue weighted by Crippen LogP contribution is 2.19. The maximum atomic E-state index is 12.5. The van der Waals surface area contributed by atoms with E-state index in [4.69, 9.17) is 0 Å². The normalized spacial score (nSPS) is 15.8. The van der Waals surface area contributed by atoms with Gasteiger partial charge < -0.3 is 4.90 Å². The molecular formula is C21H26N6O. The third-order valence-corrected chi connectivity index (χ3v) is 5.61. The fourth-order valence-corrected chi connectivity index (χ4v) is 3.83. The van der Waals surface area contributed by atoms with E-state index in [1.807, 2.05) is 30.1 Å². The summed E-state index contributed by atoms with van der Waals surface area (Å²) in [5, 5.41) is 4.23. The Kier molecular flexibility index (Phi) is 5.62. The highest BCUT2D eigenvalue weighted by Gasteiger charge is 2.20. The van der Waals surface area contributed by atoms with E-state index in [1.165, 1.54) is 5.69 Å². The molecule has 4 rings (SSSR count). The third kappa shape index (κ3) is 4.36. The summed E-state index contributed by atoms with van der Waals surface area (Å²) in [5.74, 6) is 0.525. The molecule has 28 heavy (non-hydrogen) atoms. The first-order valence-corrected chi connectivity index (χ1v) is 9.85. The minimum Gasteiger partial charge on any atom is -0.303 e. The quantitative estimate of drug-likeness (QED) is 0.656. The third-order valence-electron chi connectivity index (χ3n) is 5.61. The highest BCUT2D eigenvalue weighted by molar-refractivity contribution is 5.56. The second-order valence-corrected chi connectivity index (χ2v) is 7.49. The molecule has 3 aromatic heterocycles. The monoisotopic (exact) mass is 378 g/mol. The van der Waals surface area contributed by atoms with Gasteiger partial charge in [-0.1, -0.05) is 0 Å². The molecule has 0 aromatic carbocycles. The number of hydrogen-bond donors (Lipinski definition) is 0. The molecule has 7 nitrogen and oxygen atoms in total. The molecule has 3 aromatic rings. The summed E-state index contributed by atoms with van der Waals surface area (Å²) in [6, 6.07) is 7.46. The van der Waals surface area contributed by atoms with E-state index in [0.717, 1.165) is 51.0 Å². The summed E-state index contributed by atoms with van der Waals surface area (Å²) in [6.07, 6.45) is 10.2.